The first-order valence-corrected chi connectivity index (χ1v) is 5.22. The molecule has 3 heteroatoms. The van der Waals surface area contributed by atoms with E-state index in [0.29, 0.717) is 0 Å². The second-order valence-corrected chi connectivity index (χ2v) is 4.11. The monoisotopic (exact) mass is 190 g/mol. The molecule has 0 aromatic heterocycles. The van der Waals surface area contributed by atoms with E-state index in [9.17, 15) is 0 Å². The fraction of sp³-hybridized carbons (Fsp3) is 1.00. The van der Waals surface area contributed by atoms with Crippen molar-refractivity contribution in [3.05, 3.63) is 0 Å². The third kappa shape index (κ3) is 2.92. The first kappa shape index (κ1) is 10.3. The van der Waals surface area contributed by atoms with Crippen molar-refractivity contribution in [2.24, 2.45) is 0 Å². The summed E-state index contributed by atoms with van der Waals surface area (Å²) in [6, 6.07) is 0.725. The van der Waals surface area contributed by atoms with E-state index in [2.05, 4.69) is 23.9 Å². The van der Waals surface area contributed by atoms with E-state index in [-0.39, 0.29) is 0 Å². The number of halogens is 1. The van der Waals surface area contributed by atoms with Crippen LogP contribution in [0.4, 0.5) is 0 Å². The van der Waals surface area contributed by atoms with Crippen molar-refractivity contribution < 1.29 is 0 Å². The van der Waals surface area contributed by atoms with Crippen LogP contribution in [-0.2, 0) is 0 Å². The summed E-state index contributed by atoms with van der Waals surface area (Å²) in [6.45, 7) is 3.47. The van der Waals surface area contributed by atoms with Gasteiger partial charge in [-0.3, -0.25) is 0 Å². The van der Waals surface area contributed by atoms with Gasteiger partial charge in [-0.25, -0.2) is 0 Å². The molecule has 0 aromatic carbocycles. The summed E-state index contributed by atoms with van der Waals surface area (Å²) in [5.74, 6) is 0.747. The highest BCUT2D eigenvalue weighted by molar-refractivity contribution is 6.18. The molecule has 1 aliphatic heterocycles. The second-order valence-electron chi connectivity index (χ2n) is 3.73. The predicted octanol–water partition coefficient (Wildman–Crippen LogP) is 1.25. The van der Waals surface area contributed by atoms with Gasteiger partial charge in [0.2, 0.25) is 0 Å². The summed E-state index contributed by atoms with van der Waals surface area (Å²) < 4.78 is 0. The molecule has 1 heterocycles. The molecule has 1 aliphatic rings. The van der Waals surface area contributed by atoms with E-state index in [4.69, 9.17) is 11.6 Å². The lowest BCUT2D eigenvalue weighted by atomic mass is 10.1. The molecule has 0 aliphatic carbocycles. The first-order valence-electron chi connectivity index (χ1n) is 4.69. The summed E-state index contributed by atoms with van der Waals surface area (Å²) in [6.07, 6.45) is 2.66. The fourth-order valence-electron chi connectivity index (χ4n) is 1.81. The summed E-state index contributed by atoms with van der Waals surface area (Å²) in [4.78, 5) is 4.78. The van der Waals surface area contributed by atoms with E-state index < -0.39 is 0 Å². The average Bonchev–Trinajstić information content (AvgIpc) is 2.05. The maximum absolute atomic E-state index is 5.70. The van der Waals surface area contributed by atoms with Crippen LogP contribution in [-0.4, -0.2) is 55.5 Å². The van der Waals surface area contributed by atoms with Crippen LogP contribution in [0.25, 0.3) is 0 Å². The Balaban J connectivity index is 2.29. The normalized spacial score (nSPS) is 26.5. The van der Waals surface area contributed by atoms with E-state index in [1.54, 1.807) is 0 Å². The van der Waals surface area contributed by atoms with Crippen LogP contribution < -0.4 is 0 Å². The molecule has 1 fully saturated rings. The van der Waals surface area contributed by atoms with Gasteiger partial charge in [0, 0.05) is 25.0 Å². The topological polar surface area (TPSA) is 6.48 Å². The van der Waals surface area contributed by atoms with Crippen molar-refractivity contribution in [1.82, 2.24) is 9.80 Å². The van der Waals surface area contributed by atoms with Gasteiger partial charge < -0.3 is 9.80 Å². The minimum absolute atomic E-state index is 0.725. The lowest BCUT2D eigenvalue weighted by molar-refractivity contribution is 0.140. The van der Waals surface area contributed by atoms with Crippen LogP contribution in [0.1, 0.15) is 12.8 Å². The molecule has 12 heavy (non-hydrogen) atoms. The number of piperidine rings is 1. The largest absolute Gasteiger partial charge is 0.305 e. The molecule has 1 unspecified atom stereocenters. The Morgan fingerprint density at radius 2 is 2.33 bits per heavy atom. The van der Waals surface area contributed by atoms with Crippen LogP contribution in [0.2, 0.25) is 0 Å². The Kier molecular flexibility index (Phi) is 4.33. The third-order valence-electron chi connectivity index (χ3n) is 2.66. The Bertz CT molecular complexity index is 130. The van der Waals surface area contributed by atoms with Crippen molar-refractivity contribution in [1.29, 1.82) is 0 Å². The van der Waals surface area contributed by atoms with E-state index >= 15 is 0 Å². The number of hydrogen-bond acceptors (Lipinski definition) is 2. The number of likely N-dealkylation sites (N-methyl/N-ethyl adjacent to an activating group) is 2. The standard InChI is InChI=1S/C9H19ClN2/c1-11-6-3-4-9(8-11)12(2)7-5-10/h9H,3-8H2,1-2H3. The molecular formula is C9H19ClN2. The number of likely N-dealkylation sites (tertiary alicyclic amines) is 1. The van der Waals surface area contributed by atoms with Gasteiger partial charge in [0.05, 0.1) is 0 Å². The van der Waals surface area contributed by atoms with Gasteiger partial charge in [-0.2, -0.15) is 0 Å². The lowest BCUT2D eigenvalue weighted by Gasteiger charge is -2.35. The third-order valence-corrected chi connectivity index (χ3v) is 2.83. The number of nitrogens with zero attached hydrogens (tertiary/aromatic N) is 2. The minimum atomic E-state index is 0.725. The quantitative estimate of drug-likeness (QED) is 0.619. The SMILES string of the molecule is CN1CCCC(N(C)CCCl)C1. The zero-order valence-electron chi connectivity index (χ0n) is 8.09. The second kappa shape index (κ2) is 5.05. The van der Waals surface area contributed by atoms with Gasteiger partial charge in [-0.15, -0.1) is 11.6 Å². The zero-order chi connectivity index (χ0) is 8.97. The molecule has 0 radical (unpaired) electrons. The van der Waals surface area contributed by atoms with Crippen molar-refractivity contribution in [3.63, 3.8) is 0 Å². The Morgan fingerprint density at radius 1 is 1.58 bits per heavy atom. The minimum Gasteiger partial charge on any atom is -0.305 e. The molecule has 72 valence electrons. The van der Waals surface area contributed by atoms with E-state index in [0.717, 1.165) is 18.5 Å². The summed E-state index contributed by atoms with van der Waals surface area (Å²) >= 11 is 5.70. The molecule has 0 spiro atoms. The van der Waals surface area contributed by atoms with Crippen molar-refractivity contribution in [2.45, 2.75) is 18.9 Å². The zero-order valence-corrected chi connectivity index (χ0v) is 8.85. The maximum atomic E-state index is 5.70. The highest BCUT2D eigenvalue weighted by Crippen LogP contribution is 2.12. The lowest BCUT2D eigenvalue weighted by Crippen LogP contribution is -2.45. The van der Waals surface area contributed by atoms with Gasteiger partial charge in [0.15, 0.2) is 0 Å². The van der Waals surface area contributed by atoms with E-state index in [1.165, 1.54) is 25.9 Å². The van der Waals surface area contributed by atoms with Gasteiger partial charge >= 0.3 is 0 Å². The molecule has 0 saturated carbocycles. The maximum Gasteiger partial charge on any atom is 0.0351 e. The van der Waals surface area contributed by atoms with Crippen molar-refractivity contribution in [2.75, 3.05) is 39.6 Å². The molecule has 1 saturated heterocycles. The number of hydrogen-bond donors (Lipinski definition) is 0. The van der Waals surface area contributed by atoms with Crippen LogP contribution in [0.3, 0.4) is 0 Å². The molecule has 0 aromatic rings. The molecule has 1 rings (SSSR count). The van der Waals surface area contributed by atoms with Crippen LogP contribution in [0.5, 0.6) is 0 Å². The van der Waals surface area contributed by atoms with Crippen molar-refractivity contribution >= 4 is 11.6 Å². The Hall–Kier alpha value is 0.210. The van der Waals surface area contributed by atoms with Crippen LogP contribution in [0.15, 0.2) is 0 Å². The fourth-order valence-corrected chi connectivity index (χ4v) is 2.08. The first-order chi connectivity index (χ1) is 5.74. The molecule has 0 N–H and O–H groups in total. The van der Waals surface area contributed by atoms with Crippen LogP contribution in [0, 0.1) is 0 Å². The highest BCUT2D eigenvalue weighted by Gasteiger charge is 2.19. The predicted molar refractivity (Wildman–Crippen MR) is 53.9 cm³/mol. The highest BCUT2D eigenvalue weighted by atomic mass is 35.5. The van der Waals surface area contributed by atoms with Gasteiger partial charge in [-0.1, -0.05) is 0 Å². The average molecular weight is 191 g/mol. The van der Waals surface area contributed by atoms with Gasteiger partial charge in [-0.05, 0) is 33.5 Å². The smallest absolute Gasteiger partial charge is 0.0351 e. The molecule has 0 bridgehead atoms. The van der Waals surface area contributed by atoms with Crippen molar-refractivity contribution in [3.8, 4) is 0 Å². The summed E-state index contributed by atoms with van der Waals surface area (Å²) in [7, 11) is 4.37. The number of rotatable bonds is 3. The summed E-state index contributed by atoms with van der Waals surface area (Å²) in [5.41, 5.74) is 0. The molecule has 2 nitrogen and oxygen atoms in total. The van der Waals surface area contributed by atoms with E-state index in [1.807, 2.05) is 0 Å². The number of alkyl halides is 1. The summed E-state index contributed by atoms with van der Waals surface area (Å²) in [5, 5.41) is 0. The molecular weight excluding hydrogens is 172 g/mol. The Labute approximate surface area is 80.5 Å². The van der Waals surface area contributed by atoms with Gasteiger partial charge in [0.1, 0.15) is 0 Å². The molecule has 0 amide bonds. The van der Waals surface area contributed by atoms with Gasteiger partial charge in [0.25, 0.3) is 0 Å². The van der Waals surface area contributed by atoms with Crippen LogP contribution >= 0.6 is 11.6 Å². The molecule has 1 atom stereocenters. The Morgan fingerprint density at radius 3 is 2.92 bits per heavy atom.